The van der Waals surface area contributed by atoms with E-state index in [0.29, 0.717) is 19.3 Å². The molecule has 0 bridgehead atoms. The Morgan fingerprint density at radius 1 is 1.12 bits per heavy atom. The molecule has 1 fully saturated rings. The fourth-order valence-electron chi connectivity index (χ4n) is 3.58. The number of aliphatic hydroxyl groups is 2. The van der Waals surface area contributed by atoms with Gasteiger partial charge in [0.05, 0.1) is 0 Å². The molecule has 26 heavy (non-hydrogen) atoms. The van der Waals surface area contributed by atoms with Gasteiger partial charge in [0, 0.05) is 24.7 Å². The SMILES string of the molecule is CCCCCCC=C[C@@H]1[C@@H](CC=CCCCC(=O)O)C(=O)C[C@H]1C(O)O. The van der Waals surface area contributed by atoms with Gasteiger partial charge in [0.1, 0.15) is 5.78 Å². The molecule has 5 nitrogen and oxygen atoms in total. The first-order chi connectivity index (χ1) is 12.5. The van der Waals surface area contributed by atoms with E-state index >= 15 is 0 Å². The van der Waals surface area contributed by atoms with E-state index in [1.807, 2.05) is 18.2 Å². The van der Waals surface area contributed by atoms with Crippen LogP contribution in [0.3, 0.4) is 0 Å². The van der Waals surface area contributed by atoms with Gasteiger partial charge in [-0.15, -0.1) is 0 Å². The number of carbonyl (C=O) groups excluding carboxylic acids is 1. The van der Waals surface area contributed by atoms with Crippen LogP contribution in [0.4, 0.5) is 0 Å². The van der Waals surface area contributed by atoms with Crippen molar-refractivity contribution in [3.63, 3.8) is 0 Å². The van der Waals surface area contributed by atoms with E-state index < -0.39 is 18.2 Å². The zero-order chi connectivity index (χ0) is 19.4. The third kappa shape index (κ3) is 8.28. The van der Waals surface area contributed by atoms with E-state index in [0.717, 1.165) is 12.8 Å². The molecule has 0 aromatic carbocycles. The third-order valence-corrected chi connectivity index (χ3v) is 5.09. The molecule has 0 heterocycles. The number of ketones is 1. The maximum absolute atomic E-state index is 12.3. The van der Waals surface area contributed by atoms with Gasteiger partial charge in [0.2, 0.25) is 0 Å². The van der Waals surface area contributed by atoms with Crippen LogP contribution < -0.4 is 0 Å². The number of carboxylic acids is 1. The summed E-state index contributed by atoms with van der Waals surface area (Å²) in [6.07, 6.45) is 14.3. The second-order valence-electron chi connectivity index (χ2n) is 7.20. The molecular weight excluding hydrogens is 332 g/mol. The number of hydrogen-bond donors (Lipinski definition) is 3. The third-order valence-electron chi connectivity index (χ3n) is 5.09. The highest BCUT2D eigenvalue weighted by Crippen LogP contribution is 2.39. The van der Waals surface area contributed by atoms with Crippen LogP contribution in [0.25, 0.3) is 0 Å². The molecule has 1 rings (SSSR count). The quantitative estimate of drug-likeness (QED) is 0.261. The maximum Gasteiger partial charge on any atom is 0.303 e. The summed E-state index contributed by atoms with van der Waals surface area (Å²) in [7, 11) is 0. The number of Topliss-reactive ketones (excluding diaryl/α,β-unsaturated/α-hetero) is 1. The number of hydrogen-bond acceptors (Lipinski definition) is 4. The van der Waals surface area contributed by atoms with E-state index in [4.69, 9.17) is 5.11 Å². The van der Waals surface area contributed by atoms with Crippen LogP contribution in [0, 0.1) is 17.8 Å². The Kier molecular flexibility index (Phi) is 11.1. The van der Waals surface area contributed by atoms with Crippen LogP contribution >= 0.6 is 0 Å². The number of allylic oxidation sites excluding steroid dienone is 4. The summed E-state index contributed by atoms with van der Waals surface area (Å²) in [5.41, 5.74) is 0. The lowest BCUT2D eigenvalue weighted by Gasteiger charge is -2.21. The second-order valence-corrected chi connectivity index (χ2v) is 7.20. The first-order valence-corrected chi connectivity index (χ1v) is 9.89. The molecule has 148 valence electrons. The van der Waals surface area contributed by atoms with Gasteiger partial charge in [0.15, 0.2) is 6.29 Å². The summed E-state index contributed by atoms with van der Waals surface area (Å²) in [5.74, 6) is -1.51. The fourth-order valence-corrected chi connectivity index (χ4v) is 3.58. The molecule has 1 aliphatic carbocycles. The van der Waals surface area contributed by atoms with Crippen molar-refractivity contribution in [2.24, 2.45) is 17.8 Å². The van der Waals surface area contributed by atoms with E-state index in [1.54, 1.807) is 0 Å². The standard InChI is InChI=1S/C21H34O5/c1-2-3-4-5-6-9-12-16-17(19(22)15-18(16)21(25)26)13-10-7-8-11-14-20(23)24/h7,9-10,12,16-18,21,25-26H,2-6,8,11,13-15H2,1H3,(H,23,24)/t16-,17-,18-/m1/s1. The molecule has 5 heteroatoms. The van der Waals surface area contributed by atoms with Crippen molar-refractivity contribution in [1.82, 2.24) is 0 Å². The molecule has 0 aromatic heterocycles. The molecule has 0 unspecified atom stereocenters. The van der Waals surface area contributed by atoms with Gasteiger partial charge in [-0.2, -0.15) is 0 Å². The van der Waals surface area contributed by atoms with Crippen molar-refractivity contribution in [1.29, 1.82) is 0 Å². The van der Waals surface area contributed by atoms with Gasteiger partial charge in [-0.3, -0.25) is 9.59 Å². The molecular formula is C21H34O5. The zero-order valence-corrected chi connectivity index (χ0v) is 15.8. The zero-order valence-electron chi connectivity index (χ0n) is 15.8. The van der Waals surface area contributed by atoms with Crippen LogP contribution in [0.5, 0.6) is 0 Å². The summed E-state index contributed by atoms with van der Waals surface area (Å²) in [5, 5.41) is 27.9. The number of aliphatic carboxylic acids is 1. The summed E-state index contributed by atoms with van der Waals surface area (Å²) >= 11 is 0. The van der Waals surface area contributed by atoms with E-state index in [9.17, 15) is 19.8 Å². The van der Waals surface area contributed by atoms with Crippen molar-refractivity contribution in [3.8, 4) is 0 Å². The van der Waals surface area contributed by atoms with Gasteiger partial charge in [-0.25, -0.2) is 0 Å². The summed E-state index contributed by atoms with van der Waals surface area (Å²) < 4.78 is 0. The summed E-state index contributed by atoms with van der Waals surface area (Å²) in [4.78, 5) is 22.8. The number of aliphatic hydroxyl groups excluding tert-OH is 1. The Labute approximate surface area is 156 Å². The number of rotatable bonds is 13. The van der Waals surface area contributed by atoms with Crippen molar-refractivity contribution in [2.45, 2.75) is 77.4 Å². The number of unbranched alkanes of at least 4 members (excludes halogenated alkanes) is 5. The molecule has 0 aromatic rings. The van der Waals surface area contributed by atoms with Crippen LogP contribution in [-0.2, 0) is 9.59 Å². The van der Waals surface area contributed by atoms with E-state index in [1.165, 1.54) is 19.3 Å². The van der Waals surface area contributed by atoms with Crippen molar-refractivity contribution in [3.05, 3.63) is 24.3 Å². The lowest BCUT2D eigenvalue weighted by Crippen LogP contribution is -2.24. The molecule has 0 saturated heterocycles. The smallest absolute Gasteiger partial charge is 0.303 e. The number of carboxylic acid groups (broad SMARTS) is 1. The molecule has 0 amide bonds. The summed E-state index contributed by atoms with van der Waals surface area (Å²) in [6, 6.07) is 0. The Morgan fingerprint density at radius 2 is 1.85 bits per heavy atom. The highest BCUT2D eigenvalue weighted by molar-refractivity contribution is 5.84. The first kappa shape index (κ1) is 22.6. The largest absolute Gasteiger partial charge is 0.481 e. The Hall–Kier alpha value is -1.46. The number of carbonyl (C=O) groups is 2. The van der Waals surface area contributed by atoms with Gasteiger partial charge in [0.25, 0.3) is 0 Å². The van der Waals surface area contributed by atoms with Gasteiger partial charge in [-0.05, 0) is 38.0 Å². The molecule has 3 N–H and O–H groups in total. The molecule has 0 spiro atoms. The Morgan fingerprint density at radius 3 is 2.50 bits per heavy atom. The predicted molar refractivity (Wildman–Crippen MR) is 101 cm³/mol. The molecule has 0 aliphatic heterocycles. The van der Waals surface area contributed by atoms with Crippen molar-refractivity contribution in [2.75, 3.05) is 0 Å². The normalized spacial score (nSPS) is 23.7. The van der Waals surface area contributed by atoms with Gasteiger partial charge < -0.3 is 15.3 Å². The molecule has 0 radical (unpaired) electrons. The lowest BCUT2D eigenvalue weighted by atomic mass is 9.86. The Bertz CT molecular complexity index is 481. The van der Waals surface area contributed by atoms with Crippen LogP contribution in [-0.4, -0.2) is 33.4 Å². The topological polar surface area (TPSA) is 94.8 Å². The average molecular weight is 366 g/mol. The first-order valence-electron chi connectivity index (χ1n) is 9.89. The molecule has 1 aliphatic rings. The second kappa shape index (κ2) is 12.8. The maximum atomic E-state index is 12.3. The highest BCUT2D eigenvalue weighted by Gasteiger charge is 2.42. The molecule has 3 atom stereocenters. The predicted octanol–water partition coefficient (Wildman–Crippen LogP) is 3.85. The van der Waals surface area contributed by atoms with Crippen LogP contribution in [0.2, 0.25) is 0 Å². The van der Waals surface area contributed by atoms with Crippen LogP contribution in [0.1, 0.15) is 71.1 Å². The van der Waals surface area contributed by atoms with Crippen molar-refractivity contribution >= 4 is 11.8 Å². The van der Waals surface area contributed by atoms with Gasteiger partial charge >= 0.3 is 5.97 Å². The average Bonchev–Trinajstić information content (AvgIpc) is 2.90. The summed E-state index contributed by atoms with van der Waals surface area (Å²) in [6.45, 7) is 2.17. The minimum Gasteiger partial charge on any atom is -0.481 e. The monoisotopic (exact) mass is 366 g/mol. The van der Waals surface area contributed by atoms with E-state index in [2.05, 4.69) is 13.0 Å². The van der Waals surface area contributed by atoms with Crippen molar-refractivity contribution < 1.29 is 24.9 Å². The van der Waals surface area contributed by atoms with Gasteiger partial charge in [-0.1, -0.05) is 50.5 Å². The van der Waals surface area contributed by atoms with Crippen LogP contribution in [0.15, 0.2) is 24.3 Å². The lowest BCUT2D eigenvalue weighted by molar-refractivity contribution is -0.137. The minimum atomic E-state index is -1.47. The molecule has 1 saturated carbocycles. The highest BCUT2D eigenvalue weighted by atomic mass is 16.5. The van der Waals surface area contributed by atoms with E-state index in [-0.39, 0.29) is 30.5 Å². The minimum absolute atomic E-state index is 0.0823. The fraction of sp³-hybridized carbons (Fsp3) is 0.714. The Balaban J connectivity index is 2.55.